The fourth-order valence-corrected chi connectivity index (χ4v) is 2.96. The first-order chi connectivity index (χ1) is 7.20. The van der Waals surface area contributed by atoms with E-state index in [9.17, 15) is 4.79 Å². The lowest BCUT2D eigenvalue weighted by Gasteiger charge is -2.43. The van der Waals surface area contributed by atoms with Crippen molar-refractivity contribution >= 4 is 6.03 Å². The Kier molecular flexibility index (Phi) is 3.17. The minimum absolute atomic E-state index is 0.159. The molecule has 3 nitrogen and oxygen atoms in total. The van der Waals surface area contributed by atoms with Crippen molar-refractivity contribution in [2.75, 3.05) is 13.1 Å². The van der Waals surface area contributed by atoms with Crippen molar-refractivity contribution in [1.82, 2.24) is 10.2 Å². The van der Waals surface area contributed by atoms with E-state index in [-0.39, 0.29) is 6.03 Å². The number of nitrogens with one attached hydrogen (secondary N) is 1. The van der Waals surface area contributed by atoms with E-state index >= 15 is 0 Å². The Bertz CT molecular complexity index is 242. The van der Waals surface area contributed by atoms with Crippen LogP contribution in [0, 0.1) is 11.8 Å². The number of urea groups is 1. The van der Waals surface area contributed by atoms with Gasteiger partial charge < -0.3 is 10.2 Å². The fraction of sp³-hybridized carbons (Fsp3) is 0.917. The molecule has 3 unspecified atom stereocenters. The Labute approximate surface area is 92.2 Å². The van der Waals surface area contributed by atoms with Gasteiger partial charge in [0.2, 0.25) is 0 Å². The van der Waals surface area contributed by atoms with Crippen LogP contribution in [0.1, 0.15) is 39.5 Å². The third-order valence-corrected chi connectivity index (χ3v) is 4.18. The van der Waals surface area contributed by atoms with Crippen molar-refractivity contribution < 1.29 is 4.79 Å². The predicted octanol–water partition coefficient (Wildman–Crippen LogP) is 2.23. The number of carbonyl (C=O) groups is 1. The van der Waals surface area contributed by atoms with Gasteiger partial charge in [0, 0.05) is 19.1 Å². The van der Waals surface area contributed by atoms with Crippen molar-refractivity contribution in [3.8, 4) is 0 Å². The van der Waals surface area contributed by atoms with Gasteiger partial charge in [-0.15, -0.1) is 0 Å². The van der Waals surface area contributed by atoms with Crippen molar-refractivity contribution in [2.45, 2.75) is 45.6 Å². The summed E-state index contributed by atoms with van der Waals surface area (Å²) in [7, 11) is 0. The topological polar surface area (TPSA) is 32.3 Å². The van der Waals surface area contributed by atoms with Crippen LogP contribution in [0.4, 0.5) is 4.79 Å². The van der Waals surface area contributed by atoms with Gasteiger partial charge in [-0.3, -0.25) is 0 Å². The van der Waals surface area contributed by atoms with E-state index in [1.165, 1.54) is 19.3 Å². The lowest BCUT2D eigenvalue weighted by Crippen LogP contribution is -2.54. The van der Waals surface area contributed by atoms with E-state index in [1.54, 1.807) is 0 Å². The van der Waals surface area contributed by atoms with Crippen LogP contribution in [-0.4, -0.2) is 30.1 Å². The van der Waals surface area contributed by atoms with E-state index in [1.807, 2.05) is 0 Å². The Morgan fingerprint density at radius 2 is 2.07 bits per heavy atom. The highest BCUT2D eigenvalue weighted by Crippen LogP contribution is 2.33. The van der Waals surface area contributed by atoms with Crippen LogP contribution in [0.25, 0.3) is 0 Å². The Hall–Kier alpha value is -0.730. The molecule has 1 aliphatic heterocycles. The van der Waals surface area contributed by atoms with Gasteiger partial charge in [0.05, 0.1) is 0 Å². The molecule has 0 radical (unpaired) electrons. The van der Waals surface area contributed by atoms with E-state index in [2.05, 4.69) is 24.1 Å². The Morgan fingerprint density at radius 1 is 1.27 bits per heavy atom. The van der Waals surface area contributed by atoms with Crippen LogP contribution in [0.3, 0.4) is 0 Å². The SMILES string of the molecule is CC1CCCC(N2CCCNC2=O)C1C. The largest absolute Gasteiger partial charge is 0.338 e. The van der Waals surface area contributed by atoms with Gasteiger partial charge >= 0.3 is 6.03 Å². The second-order valence-electron chi connectivity index (χ2n) is 5.11. The molecule has 2 aliphatic rings. The second-order valence-corrected chi connectivity index (χ2v) is 5.11. The maximum atomic E-state index is 11.8. The van der Waals surface area contributed by atoms with Crippen molar-refractivity contribution in [1.29, 1.82) is 0 Å². The molecule has 2 fully saturated rings. The molecule has 1 saturated heterocycles. The lowest BCUT2D eigenvalue weighted by atomic mass is 9.77. The fourth-order valence-electron chi connectivity index (χ4n) is 2.96. The number of hydrogen-bond acceptors (Lipinski definition) is 1. The van der Waals surface area contributed by atoms with Crippen molar-refractivity contribution in [3.63, 3.8) is 0 Å². The minimum atomic E-state index is 0.159. The van der Waals surface area contributed by atoms with Gasteiger partial charge in [0.1, 0.15) is 0 Å². The van der Waals surface area contributed by atoms with E-state index in [4.69, 9.17) is 0 Å². The molecule has 1 heterocycles. The summed E-state index contributed by atoms with van der Waals surface area (Å²) in [5, 5.41) is 2.95. The molecular formula is C12H22N2O. The molecule has 0 spiro atoms. The standard InChI is InChI=1S/C12H22N2O/c1-9-5-3-6-11(10(9)2)14-8-4-7-13-12(14)15/h9-11H,3-8H2,1-2H3,(H,13,15). The molecule has 3 atom stereocenters. The summed E-state index contributed by atoms with van der Waals surface area (Å²) in [5.41, 5.74) is 0. The zero-order valence-electron chi connectivity index (χ0n) is 9.83. The minimum Gasteiger partial charge on any atom is -0.338 e. The second kappa shape index (κ2) is 4.42. The van der Waals surface area contributed by atoms with Crippen molar-refractivity contribution in [3.05, 3.63) is 0 Å². The molecule has 0 bridgehead atoms. The summed E-state index contributed by atoms with van der Waals surface area (Å²) < 4.78 is 0. The van der Waals surface area contributed by atoms with Crippen molar-refractivity contribution in [2.24, 2.45) is 11.8 Å². The average Bonchev–Trinajstić information content (AvgIpc) is 2.23. The highest BCUT2D eigenvalue weighted by molar-refractivity contribution is 5.75. The Balaban J connectivity index is 2.04. The van der Waals surface area contributed by atoms with Gasteiger partial charge in [-0.1, -0.05) is 26.7 Å². The predicted molar refractivity (Wildman–Crippen MR) is 60.7 cm³/mol. The molecule has 3 heteroatoms. The molecule has 1 N–H and O–H groups in total. The molecule has 2 amide bonds. The molecule has 1 saturated carbocycles. The quantitative estimate of drug-likeness (QED) is 0.707. The molecule has 1 aliphatic carbocycles. The maximum Gasteiger partial charge on any atom is 0.317 e. The van der Waals surface area contributed by atoms with Crippen LogP contribution in [0.15, 0.2) is 0 Å². The maximum absolute atomic E-state index is 11.8. The summed E-state index contributed by atoms with van der Waals surface area (Å²) in [6.45, 7) is 6.43. The highest BCUT2D eigenvalue weighted by Gasteiger charge is 2.34. The first kappa shape index (κ1) is 10.8. The van der Waals surface area contributed by atoms with Crippen LogP contribution >= 0.6 is 0 Å². The smallest absolute Gasteiger partial charge is 0.317 e. The average molecular weight is 210 g/mol. The monoisotopic (exact) mass is 210 g/mol. The number of hydrogen-bond donors (Lipinski definition) is 1. The molecular weight excluding hydrogens is 188 g/mol. The number of rotatable bonds is 1. The van der Waals surface area contributed by atoms with Gasteiger partial charge in [-0.05, 0) is 24.7 Å². The number of nitrogens with zero attached hydrogens (tertiary/aromatic N) is 1. The zero-order valence-corrected chi connectivity index (χ0v) is 9.83. The van der Waals surface area contributed by atoms with E-state index in [0.717, 1.165) is 25.4 Å². The number of carbonyl (C=O) groups excluding carboxylic acids is 1. The van der Waals surface area contributed by atoms with Crippen LogP contribution < -0.4 is 5.32 Å². The van der Waals surface area contributed by atoms with Gasteiger partial charge in [-0.2, -0.15) is 0 Å². The molecule has 0 aromatic heterocycles. The third-order valence-electron chi connectivity index (χ3n) is 4.18. The summed E-state index contributed by atoms with van der Waals surface area (Å²) in [5.74, 6) is 1.42. The summed E-state index contributed by atoms with van der Waals surface area (Å²) in [6.07, 6.45) is 4.90. The van der Waals surface area contributed by atoms with Crippen LogP contribution in [-0.2, 0) is 0 Å². The first-order valence-electron chi connectivity index (χ1n) is 6.24. The van der Waals surface area contributed by atoms with E-state index < -0.39 is 0 Å². The zero-order chi connectivity index (χ0) is 10.8. The summed E-state index contributed by atoms with van der Waals surface area (Å²) >= 11 is 0. The summed E-state index contributed by atoms with van der Waals surface area (Å²) in [6, 6.07) is 0.640. The third kappa shape index (κ3) is 2.11. The highest BCUT2D eigenvalue weighted by atomic mass is 16.2. The molecule has 0 aromatic carbocycles. The molecule has 15 heavy (non-hydrogen) atoms. The van der Waals surface area contributed by atoms with E-state index in [0.29, 0.717) is 12.0 Å². The van der Waals surface area contributed by atoms with Gasteiger partial charge in [0.15, 0.2) is 0 Å². The molecule has 86 valence electrons. The first-order valence-corrected chi connectivity index (χ1v) is 6.24. The van der Waals surface area contributed by atoms with Gasteiger partial charge in [-0.25, -0.2) is 4.79 Å². The van der Waals surface area contributed by atoms with Gasteiger partial charge in [0.25, 0.3) is 0 Å². The van der Waals surface area contributed by atoms with Crippen LogP contribution in [0.5, 0.6) is 0 Å². The molecule has 0 aromatic rings. The lowest BCUT2D eigenvalue weighted by molar-refractivity contribution is 0.0910. The number of amides is 2. The van der Waals surface area contributed by atoms with Crippen LogP contribution in [0.2, 0.25) is 0 Å². The Morgan fingerprint density at radius 3 is 2.80 bits per heavy atom. The molecule has 2 rings (SSSR count). The normalized spacial score (nSPS) is 37.6. The summed E-state index contributed by atoms with van der Waals surface area (Å²) in [4.78, 5) is 13.8.